The Kier molecular flexibility index (Phi) is 2.07. The van der Waals surface area contributed by atoms with E-state index in [0.29, 0.717) is 6.54 Å². The second-order valence-electron chi connectivity index (χ2n) is 3.49. The first-order valence-corrected chi connectivity index (χ1v) is 4.42. The molecule has 2 rings (SSSR count). The Labute approximate surface area is 81.3 Å². The molecule has 0 N–H and O–H groups in total. The molecule has 1 aliphatic rings. The van der Waals surface area contributed by atoms with Crippen molar-refractivity contribution in [1.82, 2.24) is 14.7 Å². The van der Waals surface area contributed by atoms with Gasteiger partial charge in [0, 0.05) is 25.4 Å². The number of ketones is 1. The van der Waals surface area contributed by atoms with Crippen LogP contribution in [0.4, 0.5) is 0 Å². The highest BCUT2D eigenvalue weighted by molar-refractivity contribution is 6.05. The molecule has 74 valence electrons. The van der Waals surface area contributed by atoms with Crippen LogP contribution in [0.15, 0.2) is 12.4 Å². The highest BCUT2D eigenvalue weighted by Gasteiger charge is 2.27. The fourth-order valence-electron chi connectivity index (χ4n) is 1.56. The van der Waals surface area contributed by atoms with Crippen molar-refractivity contribution in [2.75, 3.05) is 6.54 Å². The standard InChI is InChI=1S/C9H11N3O2/c1-11-4-7(3-10-11)5-12-6-8(13)2-9(12)14/h3-4H,2,5-6H2,1H3. The first-order valence-electron chi connectivity index (χ1n) is 4.42. The van der Waals surface area contributed by atoms with Crippen LogP contribution in [0, 0.1) is 0 Å². The molecule has 0 radical (unpaired) electrons. The zero-order valence-electron chi connectivity index (χ0n) is 7.93. The molecule has 1 fully saturated rings. The number of rotatable bonds is 2. The molecule has 0 aromatic carbocycles. The molecule has 5 nitrogen and oxygen atoms in total. The molecule has 1 aliphatic heterocycles. The topological polar surface area (TPSA) is 55.2 Å². The van der Waals surface area contributed by atoms with Gasteiger partial charge in [0.05, 0.1) is 19.2 Å². The number of likely N-dealkylation sites (tertiary alicyclic amines) is 1. The maximum absolute atomic E-state index is 11.3. The van der Waals surface area contributed by atoms with Gasteiger partial charge in [-0.25, -0.2) is 0 Å². The Morgan fingerprint density at radius 3 is 2.79 bits per heavy atom. The van der Waals surface area contributed by atoms with E-state index in [1.165, 1.54) is 0 Å². The summed E-state index contributed by atoms with van der Waals surface area (Å²) in [7, 11) is 1.82. The van der Waals surface area contributed by atoms with E-state index in [4.69, 9.17) is 0 Å². The lowest BCUT2D eigenvalue weighted by molar-refractivity contribution is -0.128. The minimum Gasteiger partial charge on any atom is -0.331 e. The van der Waals surface area contributed by atoms with E-state index in [1.807, 2.05) is 13.2 Å². The fourth-order valence-corrected chi connectivity index (χ4v) is 1.56. The van der Waals surface area contributed by atoms with Gasteiger partial charge in [-0.1, -0.05) is 0 Å². The minimum atomic E-state index is -0.0844. The number of nitrogens with zero attached hydrogens (tertiary/aromatic N) is 3. The van der Waals surface area contributed by atoms with Crippen molar-refractivity contribution in [3.8, 4) is 0 Å². The summed E-state index contributed by atoms with van der Waals surface area (Å²) < 4.78 is 1.68. The Balaban J connectivity index is 2.05. The van der Waals surface area contributed by atoms with Crippen LogP contribution in [-0.4, -0.2) is 32.9 Å². The number of hydrogen-bond acceptors (Lipinski definition) is 3. The molecule has 1 aromatic heterocycles. The molecule has 0 spiro atoms. The van der Waals surface area contributed by atoms with Crippen molar-refractivity contribution >= 4 is 11.7 Å². The maximum Gasteiger partial charge on any atom is 0.230 e. The third-order valence-corrected chi connectivity index (χ3v) is 2.20. The molecule has 14 heavy (non-hydrogen) atoms. The molecular formula is C9H11N3O2. The first-order chi connectivity index (χ1) is 6.65. The smallest absolute Gasteiger partial charge is 0.230 e. The average molecular weight is 193 g/mol. The van der Waals surface area contributed by atoms with E-state index in [-0.39, 0.29) is 24.7 Å². The summed E-state index contributed by atoms with van der Waals surface area (Å²) in [6.45, 7) is 0.728. The van der Waals surface area contributed by atoms with Gasteiger partial charge in [0.2, 0.25) is 5.91 Å². The Bertz CT molecular complexity index is 383. The normalized spacial score (nSPS) is 16.8. The van der Waals surface area contributed by atoms with Crippen LogP contribution >= 0.6 is 0 Å². The quantitative estimate of drug-likeness (QED) is 0.607. The van der Waals surface area contributed by atoms with E-state index >= 15 is 0 Å². The van der Waals surface area contributed by atoms with E-state index in [2.05, 4.69) is 5.10 Å². The molecule has 0 aliphatic carbocycles. The lowest BCUT2D eigenvalue weighted by Gasteiger charge is -2.12. The van der Waals surface area contributed by atoms with Gasteiger partial charge in [0.25, 0.3) is 0 Å². The lowest BCUT2D eigenvalue weighted by atomic mass is 10.3. The highest BCUT2D eigenvalue weighted by Crippen LogP contribution is 2.11. The number of Topliss-reactive ketones (excluding diaryl/α,β-unsaturated/α-hetero) is 1. The van der Waals surface area contributed by atoms with Crippen LogP contribution in [-0.2, 0) is 23.2 Å². The maximum atomic E-state index is 11.3. The van der Waals surface area contributed by atoms with Gasteiger partial charge in [-0.05, 0) is 0 Å². The number of aryl methyl sites for hydroxylation is 1. The highest BCUT2D eigenvalue weighted by atomic mass is 16.2. The molecule has 0 unspecified atom stereocenters. The summed E-state index contributed by atoms with van der Waals surface area (Å²) in [4.78, 5) is 23.8. The largest absolute Gasteiger partial charge is 0.331 e. The van der Waals surface area contributed by atoms with E-state index in [0.717, 1.165) is 5.56 Å². The van der Waals surface area contributed by atoms with Crippen LogP contribution in [0.2, 0.25) is 0 Å². The number of carbonyl (C=O) groups is 2. The Hall–Kier alpha value is -1.65. The van der Waals surface area contributed by atoms with Gasteiger partial charge in [-0.15, -0.1) is 0 Å². The van der Waals surface area contributed by atoms with Gasteiger partial charge in [-0.2, -0.15) is 5.10 Å². The zero-order valence-corrected chi connectivity index (χ0v) is 7.93. The first kappa shape index (κ1) is 8.93. The van der Waals surface area contributed by atoms with Crippen molar-refractivity contribution < 1.29 is 9.59 Å². The molecule has 1 aromatic rings. The number of aromatic nitrogens is 2. The lowest BCUT2D eigenvalue weighted by Crippen LogP contribution is -2.24. The summed E-state index contributed by atoms with van der Waals surface area (Å²) in [6, 6.07) is 0. The van der Waals surface area contributed by atoms with Crippen molar-refractivity contribution in [1.29, 1.82) is 0 Å². The predicted molar refractivity (Wildman–Crippen MR) is 48.2 cm³/mol. The van der Waals surface area contributed by atoms with E-state index < -0.39 is 0 Å². The average Bonchev–Trinajstić information content (AvgIpc) is 2.61. The van der Waals surface area contributed by atoms with Gasteiger partial charge < -0.3 is 4.90 Å². The molecule has 1 saturated heterocycles. The van der Waals surface area contributed by atoms with Crippen LogP contribution in [0.5, 0.6) is 0 Å². The van der Waals surface area contributed by atoms with Gasteiger partial charge in [-0.3, -0.25) is 14.3 Å². The van der Waals surface area contributed by atoms with Gasteiger partial charge in [0.15, 0.2) is 5.78 Å². The number of amides is 1. The second kappa shape index (κ2) is 3.25. The second-order valence-corrected chi connectivity index (χ2v) is 3.49. The van der Waals surface area contributed by atoms with E-state index in [1.54, 1.807) is 15.8 Å². The van der Waals surface area contributed by atoms with Crippen LogP contribution in [0.25, 0.3) is 0 Å². The van der Waals surface area contributed by atoms with Gasteiger partial charge >= 0.3 is 0 Å². The molecule has 0 atom stereocenters. The summed E-state index contributed by atoms with van der Waals surface area (Å²) >= 11 is 0. The zero-order chi connectivity index (χ0) is 10.1. The fraction of sp³-hybridized carbons (Fsp3) is 0.444. The van der Waals surface area contributed by atoms with Crippen molar-refractivity contribution in [2.24, 2.45) is 7.05 Å². The van der Waals surface area contributed by atoms with Crippen LogP contribution in [0.3, 0.4) is 0 Å². The Morgan fingerprint density at radius 1 is 1.50 bits per heavy atom. The summed E-state index contributed by atoms with van der Waals surface area (Å²) in [5.74, 6) is -0.0854. The van der Waals surface area contributed by atoms with Crippen LogP contribution < -0.4 is 0 Å². The molecular weight excluding hydrogens is 182 g/mol. The summed E-state index contributed by atoms with van der Waals surface area (Å²) in [5, 5.41) is 4.00. The molecule has 1 amide bonds. The summed E-state index contributed by atoms with van der Waals surface area (Å²) in [6.07, 6.45) is 3.60. The third-order valence-electron chi connectivity index (χ3n) is 2.20. The SMILES string of the molecule is Cn1cc(CN2CC(=O)CC2=O)cn1. The van der Waals surface area contributed by atoms with Crippen molar-refractivity contribution in [2.45, 2.75) is 13.0 Å². The minimum absolute atomic E-state index is 0.00103. The Morgan fingerprint density at radius 2 is 2.29 bits per heavy atom. The van der Waals surface area contributed by atoms with Gasteiger partial charge in [0.1, 0.15) is 0 Å². The van der Waals surface area contributed by atoms with Crippen molar-refractivity contribution in [3.63, 3.8) is 0 Å². The third kappa shape index (κ3) is 1.66. The molecule has 2 heterocycles. The monoisotopic (exact) mass is 193 g/mol. The van der Waals surface area contributed by atoms with Crippen LogP contribution in [0.1, 0.15) is 12.0 Å². The van der Waals surface area contributed by atoms with Crippen molar-refractivity contribution in [3.05, 3.63) is 18.0 Å². The molecule has 0 saturated carbocycles. The number of carbonyl (C=O) groups excluding carboxylic acids is 2. The molecule has 0 bridgehead atoms. The predicted octanol–water partition coefficient (Wildman–Crippen LogP) is -0.279. The molecule has 5 heteroatoms. The summed E-state index contributed by atoms with van der Waals surface area (Å²) in [5.41, 5.74) is 0.954. The number of hydrogen-bond donors (Lipinski definition) is 0. The van der Waals surface area contributed by atoms with E-state index in [9.17, 15) is 9.59 Å².